The summed E-state index contributed by atoms with van der Waals surface area (Å²) in [5.41, 5.74) is 2.37. The summed E-state index contributed by atoms with van der Waals surface area (Å²) >= 11 is 0. The minimum atomic E-state index is -0.403. The normalized spacial score (nSPS) is 11.9. The molecule has 2 rings (SSSR count). The summed E-state index contributed by atoms with van der Waals surface area (Å²) in [4.78, 5) is 15.6. The van der Waals surface area contributed by atoms with Gasteiger partial charge in [-0.05, 0) is 18.1 Å². The molecule has 2 aromatic rings. The van der Waals surface area contributed by atoms with E-state index in [9.17, 15) is 9.18 Å². The third-order valence-electron chi connectivity index (χ3n) is 3.37. The lowest BCUT2D eigenvalue weighted by molar-refractivity contribution is -0.122. The highest BCUT2D eigenvalue weighted by atomic mass is 19.1. The first-order valence-corrected chi connectivity index (χ1v) is 6.67. The van der Waals surface area contributed by atoms with E-state index < -0.39 is 5.82 Å². The summed E-state index contributed by atoms with van der Waals surface area (Å²) in [5.74, 6) is -0.578. The summed E-state index contributed by atoms with van der Waals surface area (Å²) in [6.45, 7) is 11.0. The maximum absolute atomic E-state index is 12.8. The van der Waals surface area contributed by atoms with E-state index >= 15 is 0 Å². The molecule has 21 heavy (non-hydrogen) atoms. The highest BCUT2D eigenvalue weighted by molar-refractivity contribution is 5.83. The maximum atomic E-state index is 12.8. The molecule has 0 fully saturated rings. The Labute approximate surface area is 123 Å². The SMILES string of the molecule is [C-]#[N+]c1ccc(CC(=O)C(C)Cn2cc(F)cn2)cc1C. The van der Waals surface area contributed by atoms with Crippen molar-refractivity contribution in [3.05, 3.63) is 59.0 Å². The second kappa shape index (κ2) is 6.31. The van der Waals surface area contributed by atoms with E-state index in [2.05, 4.69) is 9.94 Å². The van der Waals surface area contributed by atoms with Crippen LogP contribution in [-0.4, -0.2) is 15.6 Å². The maximum Gasteiger partial charge on any atom is 0.190 e. The fourth-order valence-electron chi connectivity index (χ4n) is 2.15. The predicted molar refractivity (Wildman–Crippen MR) is 77.5 cm³/mol. The average Bonchev–Trinajstić information content (AvgIpc) is 2.84. The van der Waals surface area contributed by atoms with E-state index in [0.29, 0.717) is 18.7 Å². The number of hydrogen-bond acceptors (Lipinski definition) is 2. The van der Waals surface area contributed by atoms with E-state index in [0.717, 1.165) is 17.3 Å². The molecule has 0 radical (unpaired) electrons. The number of Topliss-reactive ketones (excluding diaryl/α,β-unsaturated/α-hetero) is 1. The molecule has 0 aliphatic rings. The Morgan fingerprint density at radius 1 is 1.52 bits per heavy atom. The molecule has 0 N–H and O–H groups in total. The minimum Gasteiger partial charge on any atom is -0.299 e. The first kappa shape index (κ1) is 14.9. The predicted octanol–water partition coefficient (Wildman–Crippen LogP) is 3.33. The molecule has 0 spiro atoms. The van der Waals surface area contributed by atoms with E-state index in [1.165, 1.54) is 10.9 Å². The Hall–Kier alpha value is -2.48. The first-order chi connectivity index (χ1) is 9.99. The van der Waals surface area contributed by atoms with Crippen molar-refractivity contribution in [2.75, 3.05) is 0 Å². The molecule has 0 aliphatic heterocycles. The fourth-order valence-corrected chi connectivity index (χ4v) is 2.15. The molecule has 1 atom stereocenters. The zero-order valence-electron chi connectivity index (χ0n) is 12.0. The summed E-state index contributed by atoms with van der Waals surface area (Å²) in [6, 6.07) is 5.41. The van der Waals surface area contributed by atoms with Gasteiger partial charge < -0.3 is 0 Å². The second-order valence-electron chi connectivity index (χ2n) is 5.16. The smallest absolute Gasteiger partial charge is 0.190 e. The van der Waals surface area contributed by atoms with Crippen LogP contribution in [0.4, 0.5) is 10.1 Å². The fraction of sp³-hybridized carbons (Fsp3) is 0.312. The molecule has 0 aliphatic carbocycles. The second-order valence-corrected chi connectivity index (χ2v) is 5.16. The van der Waals surface area contributed by atoms with E-state index in [1.54, 1.807) is 12.1 Å². The van der Waals surface area contributed by atoms with Crippen LogP contribution < -0.4 is 0 Å². The van der Waals surface area contributed by atoms with E-state index in [4.69, 9.17) is 6.57 Å². The monoisotopic (exact) mass is 285 g/mol. The number of nitrogens with zero attached hydrogens (tertiary/aromatic N) is 3. The zero-order valence-corrected chi connectivity index (χ0v) is 12.0. The summed E-state index contributed by atoms with van der Waals surface area (Å²) in [6.07, 6.45) is 2.71. The van der Waals surface area contributed by atoms with Gasteiger partial charge in [0, 0.05) is 12.3 Å². The van der Waals surface area contributed by atoms with Gasteiger partial charge in [-0.15, -0.1) is 0 Å². The average molecular weight is 285 g/mol. The van der Waals surface area contributed by atoms with Gasteiger partial charge in [0.2, 0.25) is 0 Å². The standard InChI is InChI=1S/C16H16FN3O/c1-11-6-13(4-5-15(11)18-3)7-16(21)12(2)9-20-10-14(17)8-19-20/h4-6,8,10,12H,7,9H2,1-2H3. The number of hydrogen-bond donors (Lipinski definition) is 0. The highest BCUT2D eigenvalue weighted by Gasteiger charge is 2.15. The highest BCUT2D eigenvalue weighted by Crippen LogP contribution is 2.20. The van der Waals surface area contributed by atoms with Crippen LogP contribution in [0.2, 0.25) is 0 Å². The lowest BCUT2D eigenvalue weighted by Gasteiger charge is -2.11. The van der Waals surface area contributed by atoms with Crippen LogP contribution in [0.5, 0.6) is 0 Å². The van der Waals surface area contributed by atoms with E-state index in [-0.39, 0.29) is 11.7 Å². The summed E-state index contributed by atoms with van der Waals surface area (Å²) in [5, 5.41) is 3.84. The molecule has 1 aromatic carbocycles. The van der Waals surface area contributed by atoms with Gasteiger partial charge in [-0.25, -0.2) is 9.24 Å². The summed E-state index contributed by atoms with van der Waals surface area (Å²) < 4.78 is 14.3. The van der Waals surface area contributed by atoms with Crippen molar-refractivity contribution in [1.29, 1.82) is 0 Å². The number of benzene rings is 1. The number of carbonyl (C=O) groups excluding carboxylic acids is 1. The van der Waals surface area contributed by atoms with Gasteiger partial charge in [0.05, 0.1) is 25.5 Å². The molecule has 0 amide bonds. The van der Waals surface area contributed by atoms with Crippen LogP contribution in [0.1, 0.15) is 18.1 Å². The largest absolute Gasteiger partial charge is 0.299 e. The molecule has 0 bridgehead atoms. The molecule has 0 saturated heterocycles. The Morgan fingerprint density at radius 2 is 2.29 bits per heavy atom. The summed E-state index contributed by atoms with van der Waals surface area (Å²) in [7, 11) is 0. The lowest BCUT2D eigenvalue weighted by atomic mass is 9.98. The number of ketones is 1. The number of halogens is 1. The van der Waals surface area contributed by atoms with E-state index in [1.807, 2.05) is 19.9 Å². The third-order valence-corrected chi connectivity index (χ3v) is 3.37. The first-order valence-electron chi connectivity index (χ1n) is 6.67. The third kappa shape index (κ3) is 3.76. The molecule has 1 aromatic heterocycles. The molecule has 4 nitrogen and oxygen atoms in total. The van der Waals surface area contributed by atoms with Gasteiger partial charge in [-0.1, -0.05) is 25.1 Å². The van der Waals surface area contributed by atoms with Crippen molar-refractivity contribution >= 4 is 11.5 Å². The quantitative estimate of drug-likeness (QED) is 0.790. The Morgan fingerprint density at radius 3 is 2.86 bits per heavy atom. The Kier molecular flexibility index (Phi) is 4.49. The number of aromatic nitrogens is 2. The Bertz CT molecular complexity index is 700. The van der Waals surface area contributed by atoms with Crippen LogP contribution >= 0.6 is 0 Å². The molecule has 1 unspecified atom stereocenters. The lowest BCUT2D eigenvalue weighted by Crippen LogP contribution is -2.19. The number of carbonyl (C=O) groups is 1. The van der Waals surface area contributed by atoms with Crippen molar-refractivity contribution in [3.63, 3.8) is 0 Å². The van der Waals surface area contributed by atoms with Crippen molar-refractivity contribution in [2.45, 2.75) is 26.8 Å². The van der Waals surface area contributed by atoms with Gasteiger partial charge in [-0.2, -0.15) is 5.10 Å². The molecular formula is C16H16FN3O. The van der Waals surface area contributed by atoms with Gasteiger partial charge in [0.1, 0.15) is 5.78 Å². The van der Waals surface area contributed by atoms with Crippen molar-refractivity contribution in [1.82, 2.24) is 9.78 Å². The van der Waals surface area contributed by atoms with Crippen LogP contribution in [0.25, 0.3) is 4.85 Å². The van der Waals surface area contributed by atoms with Crippen molar-refractivity contribution in [2.24, 2.45) is 5.92 Å². The molecule has 1 heterocycles. The Balaban J connectivity index is 2.00. The van der Waals surface area contributed by atoms with Gasteiger partial charge in [0.15, 0.2) is 11.5 Å². The minimum absolute atomic E-state index is 0.0703. The van der Waals surface area contributed by atoms with Gasteiger partial charge >= 0.3 is 0 Å². The van der Waals surface area contributed by atoms with Crippen molar-refractivity contribution in [3.8, 4) is 0 Å². The zero-order chi connectivity index (χ0) is 15.4. The number of aryl methyl sites for hydroxylation is 1. The van der Waals surface area contributed by atoms with Crippen molar-refractivity contribution < 1.29 is 9.18 Å². The van der Waals surface area contributed by atoms with Crippen LogP contribution in [0.15, 0.2) is 30.6 Å². The molecule has 5 heteroatoms. The van der Waals surface area contributed by atoms with Crippen LogP contribution in [0.3, 0.4) is 0 Å². The van der Waals surface area contributed by atoms with Gasteiger partial charge in [0.25, 0.3) is 0 Å². The van der Waals surface area contributed by atoms with Crippen LogP contribution in [-0.2, 0) is 17.8 Å². The van der Waals surface area contributed by atoms with Crippen LogP contribution in [0, 0.1) is 25.2 Å². The van der Waals surface area contributed by atoms with Gasteiger partial charge in [-0.3, -0.25) is 9.48 Å². The topological polar surface area (TPSA) is 39.2 Å². The number of rotatable bonds is 5. The molecular weight excluding hydrogens is 269 g/mol. The molecule has 108 valence electrons. The molecule has 0 saturated carbocycles.